The summed E-state index contributed by atoms with van der Waals surface area (Å²) in [6, 6.07) is 13.0. The van der Waals surface area contributed by atoms with Gasteiger partial charge in [-0.3, -0.25) is 10.0 Å². The first-order chi connectivity index (χ1) is 11.2. The van der Waals surface area contributed by atoms with E-state index in [0.29, 0.717) is 23.1 Å². The molecule has 4 nitrogen and oxygen atoms in total. The summed E-state index contributed by atoms with van der Waals surface area (Å²) in [5.41, 5.74) is 4.58. The fourth-order valence-corrected chi connectivity index (χ4v) is 3.05. The number of benzene rings is 2. The van der Waals surface area contributed by atoms with E-state index in [4.69, 9.17) is 21.5 Å². The molecule has 5 heteroatoms. The second kappa shape index (κ2) is 7.02. The highest BCUT2D eigenvalue weighted by Crippen LogP contribution is 2.27. The molecule has 0 heterocycles. The molecule has 1 amide bonds. The van der Waals surface area contributed by atoms with Crippen LogP contribution in [0.1, 0.15) is 27.9 Å². The van der Waals surface area contributed by atoms with Crippen LogP contribution in [-0.4, -0.2) is 17.7 Å². The van der Waals surface area contributed by atoms with E-state index < -0.39 is 5.91 Å². The van der Waals surface area contributed by atoms with Crippen LogP contribution in [0.15, 0.2) is 42.5 Å². The van der Waals surface area contributed by atoms with Gasteiger partial charge < -0.3 is 4.74 Å². The molecule has 0 fully saturated rings. The third-order valence-corrected chi connectivity index (χ3v) is 4.45. The van der Waals surface area contributed by atoms with Gasteiger partial charge in [-0.05, 0) is 72.7 Å². The third kappa shape index (κ3) is 3.84. The Balaban J connectivity index is 1.61. The number of rotatable bonds is 4. The molecule has 1 aliphatic carbocycles. The fraction of sp³-hybridized carbons (Fsp3) is 0.278. The van der Waals surface area contributed by atoms with Crippen LogP contribution in [0.2, 0.25) is 5.02 Å². The van der Waals surface area contributed by atoms with Crippen LogP contribution in [0.4, 0.5) is 0 Å². The second-order valence-electron chi connectivity index (χ2n) is 5.80. The Morgan fingerprint density at radius 2 is 2.00 bits per heavy atom. The largest absolute Gasteiger partial charge is 0.493 e. The van der Waals surface area contributed by atoms with Gasteiger partial charge in [0.1, 0.15) is 5.75 Å². The smallest absolute Gasteiger partial charge is 0.274 e. The normalized spacial score (nSPS) is 16.5. The lowest BCUT2D eigenvalue weighted by Crippen LogP contribution is -2.22. The van der Waals surface area contributed by atoms with Crippen molar-refractivity contribution in [3.8, 4) is 5.75 Å². The van der Waals surface area contributed by atoms with Crippen LogP contribution in [0.25, 0.3) is 0 Å². The molecule has 1 unspecified atom stereocenters. The molecule has 0 aromatic heterocycles. The monoisotopic (exact) mass is 331 g/mol. The number of fused-ring (bicyclic) bond motifs is 1. The summed E-state index contributed by atoms with van der Waals surface area (Å²) in [4.78, 5) is 11.5. The quantitative estimate of drug-likeness (QED) is 0.664. The van der Waals surface area contributed by atoms with Gasteiger partial charge in [0.05, 0.1) is 6.61 Å². The summed E-state index contributed by atoms with van der Waals surface area (Å²) in [6.07, 6.45) is 2.87. The zero-order valence-electron chi connectivity index (χ0n) is 12.6. The van der Waals surface area contributed by atoms with Crippen molar-refractivity contribution in [2.45, 2.75) is 19.3 Å². The number of nitrogens with one attached hydrogen (secondary N) is 1. The molecular formula is C18H18ClNO3. The standard InChI is InChI=1S/C18H18ClNO3/c19-16-5-7-17(8-6-16)23-11-12-1-2-14-10-15(18(21)20-22)4-3-13(14)9-12/h3-8,10,12,22H,1-2,9,11H2,(H,20,21). The molecule has 2 aromatic carbocycles. The second-order valence-corrected chi connectivity index (χ2v) is 6.23. The van der Waals surface area contributed by atoms with Gasteiger partial charge in [0.25, 0.3) is 5.91 Å². The van der Waals surface area contributed by atoms with Crippen LogP contribution in [0, 0.1) is 5.92 Å². The Morgan fingerprint density at radius 3 is 2.74 bits per heavy atom. The molecule has 0 saturated heterocycles. The molecule has 0 saturated carbocycles. The number of carbonyl (C=O) groups is 1. The lowest BCUT2D eigenvalue weighted by Gasteiger charge is -2.25. The summed E-state index contributed by atoms with van der Waals surface area (Å²) < 4.78 is 5.84. The molecule has 0 spiro atoms. The van der Waals surface area contributed by atoms with E-state index in [2.05, 4.69) is 0 Å². The van der Waals surface area contributed by atoms with Gasteiger partial charge in [0.2, 0.25) is 0 Å². The van der Waals surface area contributed by atoms with Crippen molar-refractivity contribution in [3.63, 3.8) is 0 Å². The molecule has 0 aliphatic heterocycles. The zero-order valence-corrected chi connectivity index (χ0v) is 13.3. The Hall–Kier alpha value is -2.04. The maximum Gasteiger partial charge on any atom is 0.274 e. The molecule has 120 valence electrons. The highest BCUT2D eigenvalue weighted by molar-refractivity contribution is 6.30. The van der Waals surface area contributed by atoms with Crippen molar-refractivity contribution < 1.29 is 14.7 Å². The van der Waals surface area contributed by atoms with Gasteiger partial charge in [0.15, 0.2) is 0 Å². The van der Waals surface area contributed by atoms with Crippen molar-refractivity contribution in [3.05, 3.63) is 64.2 Å². The van der Waals surface area contributed by atoms with Crippen molar-refractivity contribution in [1.29, 1.82) is 0 Å². The molecule has 2 N–H and O–H groups in total. The lowest BCUT2D eigenvalue weighted by atomic mass is 9.83. The minimum Gasteiger partial charge on any atom is -0.493 e. The predicted octanol–water partition coefficient (Wildman–Crippen LogP) is 3.64. The molecule has 0 radical (unpaired) electrons. The Bertz CT molecular complexity index is 700. The number of aryl methyl sites for hydroxylation is 1. The fourth-order valence-electron chi connectivity index (χ4n) is 2.92. The number of halogens is 1. The van der Waals surface area contributed by atoms with Crippen LogP contribution < -0.4 is 10.2 Å². The summed E-state index contributed by atoms with van der Waals surface area (Å²) in [5, 5.41) is 9.41. The number of hydroxylamine groups is 1. The van der Waals surface area contributed by atoms with E-state index in [1.807, 2.05) is 36.4 Å². The van der Waals surface area contributed by atoms with Crippen molar-refractivity contribution in [1.82, 2.24) is 5.48 Å². The molecule has 0 bridgehead atoms. The molecular weight excluding hydrogens is 314 g/mol. The van der Waals surface area contributed by atoms with Gasteiger partial charge in [-0.1, -0.05) is 17.7 Å². The molecule has 1 aliphatic rings. The number of hydrogen-bond acceptors (Lipinski definition) is 3. The Labute approximate surface area is 140 Å². The van der Waals surface area contributed by atoms with Gasteiger partial charge in [0, 0.05) is 10.6 Å². The number of ether oxygens (including phenoxy) is 1. The topological polar surface area (TPSA) is 58.6 Å². The number of hydrogen-bond donors (Lipinski definition) is 2. The highest BCUT2D eigenvalue weighted by Gasteiger charge is 2.20. The first-order valence-corrected chi connectivity index (χ1v) is 7.98. The van der Waals surface area contributed by atoms with Crippen LogP contribution in [0.5, 0.6) is 5.75 Å². The molecule has 23 heavy (non-hydrogen) atoms. The summed E-state index contributed by atoms with van der Waals surface area (Å²) in [6.45, 7) is 0.667. The highest BCUT2D eigenvalue weighted by atomic mass is 35.5. The van der Waals surface area contributed by atoms with Crippen LogP contribution in [0.3, 0.4) is 0 Å². The maximum absolute atomic E-state index is 11.5. The average molecular weight is 332 g/mol. The first-order valence-electron chi connectivity index (χ1n) is 7.60. The molecule has 1 atom stereocenters. The SMILES string of the molecule is O=C(NO)c1ccc2c(c1)CCC(COc1ccc(Cl)cc1)C2. The zero-order chi connectivity index (χ0) is 16.2. The van der Waals surface area contributed by atoms with Gasteiger partial charge in [-0.2, -0.15) is 0 Å². The average Bonchev–Trinajstić information content (AvgIpc) is 2.60. The van der Waals surface area contributed by atoms with Crippen molar-refractivity contribution >= 4 is 17.5 Å². The van der Waals surface area contributed by atoms with E-state index in [1.165, 1.54) is 11.1 Å². The van der Waals surface area contributed by atoms with E-state index in [1.54, 1.807) is 11.5 Å². The third-order valence-electron chi connectivity index (χ3n) is 4.20. The summed E-state index contributed by atoms with van der Waals surface area (Å²) in [7, 11) is 0. The van der Waals surface area contributed by atoms with E-state index in [0.717, 1.165) is 25.0 Å². The minimum absolute atomic E-state index is 0.454. The minimum atomic E-state index is -0.471. The van der Waals surface area contributed by atoms with Crippen molar-refractivity contribution in [2.24, 2.45) is 5.92 Å². The van der Waals surface area contributed by atoms with E-state index in [-0.39, 0.29) is 0 Å². The maximum atomic E-state index is 11.5. The lowest BCUT2D eigenvalue weighted by molar-refractivity contribution is 0.0706. The van der Waals surface area contributed by atoms with Crippen LogP contribution in [-0.2, 0) is 12.8 Å². The van der Waals surface area contributed by atoms with Gasteiger partial charge in [-0.25, -0.2) is 5.48 Å². The first kappa shape index (κ1) is 15.8. The summed E-state index contributed by atoms with van der Waals surface area (Å²) >= 11 is 5.86. The van der Waals surface area contributed by atoms with Crippen LogP contribution >= 0.6 is 11.6 Å². The Kier molecular flexibility index (Phi) is 4.84. The van der Waals surface area contributed by atoms with E-state index in [9.17, 15) is 4.79 Å². The van der Waals surface area contributed by atoms with Gasteiger partial charge >= 0.3 is 0 Å². The van der Waals surface area contributed by atoms with Gasteiger partial charge in [-0.15, -0.1) is 0 Å². The van der Waals surface area contributed by atoms with Crippen molar-refractivity contribution in [2.75, 3.05) is 6.61 Å². The molecule has 3 rings (SSSR count). The molecule has 2 aromatic rings. The number of amides is 1. The van der Waals surface area contributed by atoms with E-state index >= 15 is 0 Å². The Morgan fingerprint density at radius 1 is 1.22 bits per heavy atom. The predicted molar refractivity (Wildman–Crippen MR) is 88.2 cm³/mol. The summed E-state index contributed by atoms with van der Waals surface area (Å²) in [5.74, 6) is 0.812. The number of carbonyl (C=O) groups excluding carboxylic acids is 1.